The van der Waals surface area contributed by atoms with E-state index in [0.29, 0.717) is 32.1 Å². The van der Waals surface area contributed by atoms with Gasteiger partial charge >= 0.3 is 0 Å². The van der Waals surface area contributed by atoms with Crippen LogP contribution in [0.25, 0.3) is 22.6 Å². The molecule has 0 atom stereocenters. The number of hydrogen-bond acceptors (Lipinski definition) is 3. The quantitative estimate of drug-likeness (QED) is 0.340. The Hall–Kier alpha value is -2.33. The van der Waals surface area contributed by atoms with Crippen LogP contribution in [0.1, 0.15) is 5.56 Å². The van der Waals surface area contributed by atoms with E-state index in [-0.39, 0.29) is 0 Å². The number of hydrogen-bond donors (Lipinski definition) is 0. The fourth-order valence-corrected chi connectivity index (χ4v) is 3.17. The van der Waals surface area contributed by atoms with Crippen LogP contribution in [-0.4, -0.2) is 11.2 Å². The molecule has 0 unspecified atom stereocenters. The first kappa shape index (κ1) is 17.1. The molecule has 1 heterocycles. The predicted octanol–water partition coefficient (Wildman–Crippen LogP) is 7.21. The van der Waals surface area contributed by atoms with E-state index in [1.807, 2.05) is 42.5 Å². The van der Waals surface area contributed by atoms with E-state index >= 15 is 0 Å². The fraction of sp³-hybridized carbons (Fsp3) is 0. The van der Waals surface area contributed by atoms with Crippen LogP contribution in [0.15, 0.2) is 70.1 Å². The first-order valence-corrected chi connectivity index (χ1v) is 8.88. The lowest BCUT2D eigenvalue weighted by Gasteiger charge is -1.98. The van der Waals surface area contributed by atoms with Gasteiger partial charge in [-0.05, 0) is 42.5 Å². The van der Waals surface area contributed by atoms with Crippen LogP contribution < -0.4 is 0 Å². The largest absolute Gasteiger partial charge is 0.436 e. The van der Waals surface area contributed by atoms with Crippen LogP contribution in [-0.2, 0) is 0 Å². The third-order valence-electron chi connectivity index (χ3n) is 3.79. The molecule has 0 fully saturated rings. The zero-order valence-electron chi connectivity index (χ0n) is 13.3. The fourth-order valence-electron chi connectivity index (χ4n) is 2.50. The van der Waals surface area contributed by atoms with Gasteiger partial charge in [-0.15, -0.1) is 0 Å². The Labute approximate surface area is 164 Å². The van der Waals surface area contributed by atoms with Crippen LogP contribution in [0.4, 0.5) is 5.69 Å². The zero-order valence-corrected chi connectivity index (χ0v) is 15.6. The Balaban J connectivity index is 1.67. The standard InChI is InChI=1S/C20H11Cl3N2O/c21-13-6-5-12(17(23)9-13)11-24-14-7-8-19-18(10-14)25-20(26-19)15-3-1-2-4-16(15)22/h1-11H. The van der Waals surface area contributed by atoms with Crippen molar-refractivity contribution in [2.75, 3.05) is 0 Å². The molecule has 0 amide bonds. The molecule has 3 aromatic carbocycles. The molecule has 0 saturated heterocycles. The number of nitrogens with zero attached hydrogens (tertiary/aromatic N) is 2. The highest BCUT2D eigenvalue weighted by Crippen LogP contribution is 2.31. The lowest BCUT2D eigenvalue weighted by molar-refractivity contribution is 0.620. The van der Waals surface area contributed by atoms with E-state index in [0.717, 1.165) is 16.8 Å². The third kappa shape index (κ3) is 3.47. The lowest BCUT2D eigenvalue weighted by Crippen LogP contribution is -1.82. The van der Waals surface area contributed by atoms with E-state index < -0.39 is 0 Å². The molecule has 0 radical (unpaired) electrons. The molecular formula is C20H11Cl3N2O. The van der Waals surface area contributed by atoms with Gasteiger partial charge in [0.15, 0.2) is 5.58 Å². The first-order valence-electron chi connectivity index (χ1n) is 7.75. The maximum atomic E-state index is 6.22. The van der Waals surface area contributed by atoms with Crippen molar-refractivity contribution in [3.63, 3.8) is 0 Å². The Morgan fingerprint density at radius 3 is 2.54 bits per heavy atom. The summed E-state index contributed by atoms with van der Waals surface area (Å²) < 4.78 is 5.80. The van der Waals surface area contributed by atoms with Crippen molar-refractivity contribution in [1.82, 2.24) is 4.98 Å². The highest BCUT2D eigenvalue weighted by molar-refractivity contribution is 6.36. The topological polar surface area (TPSA) is 38.4 Å². The monoisotopic (exact) mass is 400 g/mol. The van der Waals surface area contributed by atoms with Crippen LogP contribution in [0.5, 0.6) is 0 Å². The van der Waals surface area contributed by atoms with E-state index in [2.05, 4.69) is 9.98 Å². The molecule has 0 N–H and O–H groups in total. The van der Waals surface area contributed by atoms with Gasteiger partial charge in [-0.2, -0.15) is 0 Å². The molecule has 3 nitrogen and oxygen atoms in total. The minimum Gasteiger partial charge on any atom is -0.436 e. The van der Waals surface area contributed by atoms with Gasteiger partial charge in [0.25, 0.3) is 0 Å². The molecular weight excluding hydrogens is 391 g/mol. The average molecular weight is 402 g/mol. The highest BCUT2D eigenvalue weighted by atomic mass is 35.5. The van der Waals surface area contributed by atoms with Gasteiger partial charge < -0.3 is 4.42 Å². The second kappa shape index (κ2) is 7.12. The molecule has 1 aromatic heterocycles. The number of rotatable bonds is 3. The molecule has 4 aromatic rings. The van der Waals surface area contributed by atoms with Crippen LogP contribution >= 0.6 is 34.8 Å². The third-order valence-corrected chi connectivity index (χ3v) is 4.68. The van der Waals surface area contributed by atoms with Crippen LogP contribution in [0, 0.1) is 0 Å². The smallest absolute Gasteiger partial charge is 0.228 e. The van der Waals surface area contributed by atoms with Crippen molar-refractivity contribution in [2.24, 2.45) is 4.99 Å². The van der Waals surface area contributed by atoms with Crippen molar-refractivity contribution in [3.8, 4) is 11.5 Å². The molecule has 128 valence electrons. The molecule has 0 saturated carbocycles. The lowest BCUT2D eigenvalue weighted by atomic mass is 10.2. The van der Waals surface area contributed by atoms with E-state index in [9.17, 15) is 0 Å². The summed E-state index contributed by atoms with van der Waals surface area (Å²) in [5, 5.41) is 1.72. The van der Waals surface area contributed by atoms with Crippen molar-refractivity contribution in [3.05, 3.63) is 81.3 Å². The van der Waals surface area contributed by atoms with E-state index in [1.54, 1.807) is 24.4 Å². The summed E-state index contributed by atoms with van der Waals surface area (Å²) >= 11 is 18.3. The van der Waals surface area contributed by atoms with Crippen molar-refractivity contribution < 1.29 is 4.42 Å². The molecule has 6 heteroatoms. The van der Waals surface area contributed by atoms with Crippen LogP contribution in [0.3, 0.4) is 0 Å². The van der Waals surface area contributed by atoms with Gasteiger partial charge in [0.2, 0.25) is 5.89 Å². The van der Waals surface area contributed by atoms with Gasteiger partial charge in [0, 0.05) is 16.8 Å². The zero-order chi connectivity index (χ0) is 18.1. The molecule has 0 bridgehead atoms. The van der Waals surface area contributed by atoms with Gasteiger partial charge in [0.05, 0.1) is 21.3 Å². The maximum absolute atomic E-state index is 6.22. The summed E-state index contributed by atoms with van der Waals surface area (Å²) in [6.45, 7) is 0. The van der Waals surface area contributed by atoms with E-state index in [4.69, 9.17) is 39.2 Å². The Kier molecular flexibility index (Phi) is 4.68. The molecule has 0 aliphatic heterocycles. The van der Waals surface area contributed by atoms with Gasteiger partial charge in [-0.1, -0.05) is 53.0 Å². The maximum Gasteiger partial charge on any atom is 0.228 e. The van der Waals surface area contributed by atoms with Crippen LogP contribution in [0.2, 0.25) is 15.1 Å². The van der Waals surface area contributed by atoms with Crippen molar-refractivity contribution in [1.29, 1.82) is 0 Å². The first-order chi connectivity index (χ1) is 12.6. The Bertz CT molecular complexity index is 1140. The Morgan fingerprint density at radius 1 is 0.885 bits per heavy atom. The second-order valence-corrected chi connectivity index (χ2v) is 6.83. The molecule has 0 aliphatic carbocycles. The normalized spacial score (nSPS) is 11.5. The number of benzene rings is 3. The summed E-state index contributed by atoms with van der Waals surface area (Å²) in [7, 11) is 0. The SMILES string of the molecule is Clc1ccc(C=Nc2ccc3oc(-c4ccccc4Cl)nc3c2)c(Cl)c1. The minimum absolute atomic E-state index is 0.479. The molecule has 0 aliphatic rings. The highest BCUT2D eigenvalue weighted by Gasteiger charge is 2.11. The minimum atomic E-state index is 0.479. The number of fused-ring (bicyclic) bond motifs is 1. The number of aromatic nitrogens is 1. The van der Waals surface area contributed by atoms with E-state index in [1.165, 1.54) is 0 Å². The summed E-state index contributed by atoms with van der Waals surface area (Å²) in [6.07, 6.45) is 1.69. The summed E-state index contributed by atoms with van der Waals surface area (Å²) in [5.41, 5.74) is 3.65. The Morgan fingerprint density at radius 2 is 1.73 bits per heavy atom. The van der Waals surface area contributed by atoms with Gasteiger partial charge in [-0.25, -0.2) is 4.98 Å². The number of halogens is 3. The van der Waals surface area contributed by atoms with Gasteiger partial charge in [-0.3, -0.25) is 4.99 Å². The summed E-state index contributed by atoms with van der Waals surface area (Å²) in [5.74, 6) is 0.479. The molecule has 0 spiro atoms. The predicted molar refractivity (Wildman–Crippen MR) is 108 cm³/mol. The second-order valence-electron chi connectivity index (χ2n) is 5.57. The molecule has 26 heavy (non-hydrogen) atoms. The van der Waals surface area contributed by atoms with Gasteiger partial charge in [0.1, 0.15) is 5.52 Å². The number of oxazole rings is 1. The van der Waals surface area contributed by atoms with Crippen molar-refractivity contribution in [2.45, 2.75) is 0 Å². The summed E-state index contributed by atoms with van der Waals surface area (Å²) in [4.78, 5) is 8.98. The average Bonchev–Trinajstić information content (AvgIpc) is 3.04. The number of aliphatic imine (C=N–C) groups is 1. The van der Waals surface area contributed by atoms with Crippen molar-refractivity contribution >= 4 is 57.8 Å². The molecule has 4 rings (SSSR count). The summed E-state index contributed by atoms with van der Waals surface area (Å²) in [6, 6.07) is 18.2.